The Morgan fingerprint density at radius 3 is 2.81 bits per heavy atom. The lowest BCUT2D eigenvalue weighted by Gasteiger charge is -2.26. The van der Waals surface area contributed by atoms with Gasteiger partial charge in [-0.05, 0) is 25.7 Å². The van der Waals surface area contributed by atoms with Gasteiger partial charge in [-0.25, -0.2) is 0 Å². The van der Waals surface area contributed by atoms with E-state index in [1.54, 1.807) is 0 Å². The Kier molecular flexibility index (Phi) is 4.18. The van der Waals surface area contributed by atoms with Gasteiger partial charge in [0.1, 0.15) is 6.10 Å². The number of hydrogen-bond donors (Lipinski definition) is 2. The Bertz CT molecular complexity index is 233. The van der Waals surface area contributed by atoms with E-state index in [4.69, 9.17) is 4.74 Å². The van der Waals surface area contributed by atoms with E-state index in [9.17, 15) is 4.79 Å². The van der Waals surface area contributed by atoms with E-state index in [0.29, 0.717) is 25.1 Å². The van der Waals surface area contributed by atoms with Crippen molar-refractivity contribution in [1.29, 1.82) is 0 Å². The molecule has 0 aromatic carbocycles. The van der Waals surface area contributed by atoms with Crippen molar-refractivity contribution in [3.8, 4) is 0 Å². The molecule has 2 fully saturated rings. The van der Waals surface area contributed by atoms with Crippen LogP contribution in [0.1, 0.15) is 32.6 Å². The summed E-state index contributed by atoms with van der Waals surface area (Å²) in [6.07, 6.45) is 4.84. The highest BCUT2D eigenvalue weighted by Gasteiger charge is 2.27. The zero-order valence-corrected chi connectivity index (χ0v) is 10.00. The predicted octanol–water partition coefficient (Wildman–Crippen LogP) is 0.670. The molecule has 0 aromatic rings. The van der Waals surface area contributed by atoms with Crippen LogP contribution in [-0.2, 0) is 9.53 Å². The van der Waals surface area contributed by atoms with Crippen molar-refractivity contribution in [2.24, 2.45) is 5.92 Å². The zero-order chi connectivity index (χ0) is 11.4. The number of amides is 1. The maximum atomic E-state index is 11.9. The van der Waals surface area contributed by atoms with Gasteiger partial charge < -0.3 is 15.4 Å². The number of nitrogens with one attached hydrogen (secondary N) is 2. The average Bonchev–Trinajstić information content (AvgIpc) is 2.83. The van der Waals surface area contributed by atoms with Crippen LogP contribution in [0, 0.1) is 5.92 Å². The lowest BCUT2D eigenvalue weighted by molar-refractivity contribution is -0.135. The summed E-state index contributed by atoms with van der Waals surface area (Å²) in [5, 5.41) is 6.26. The fourth-order valence-electron chi connectivity index (χ4n) is 2.63. The van der Waals surface area contributed by atoms with E-state index in [0.717, 1.165) is 6.54 Å². The molecule has 1 saturated carbocycles. The highest BCUT2D eigenvalue weighted by molar-refractivity contribution is 5.81. The highest BCUT2D eigenvalue weighted by Crippen LogP contribution is 2.27. The van der Waals surface area contributed by atoms with Crippen LogP contribution in [0.5, 0.6) is 0 Å². The van der Waals surface area contributed by atoms with Gasteiger partial charge in [-0.3, -0.25) is 4.79 Å². The first-order valence-corrected chi connectivity index (χ1v) is 6.40. The predicted molar refractivity (Wildman–Crippen MR) is 62.2 cm³/mol. The molecule has 1 amide bonds. The maximum absolute atomic E-state index is 11.9. The standard InChI is InChI=1S/C12H22N2O2/c1-9(10-4-2-3-5-10)14-12(15)11-8-13-6-7-16-11/h9-11,13H,2-8H2,1H3,(H,14,15)/t9-,11?/m1/s1. The Hall–Kier alpha value is -0.610. The normalized spacial score (nSPS) is 28.9. The average molecular weight is 226 g/mol. The molecule has 4 nitrogen and oxygen atoms in total. The molecule has 4 heteroatoms. The van der Waals surface area contributed by atoms with Crippen molar-refractivity contribution in [3.05, 3.63) is 0 Å². The maximum Gasteiger partial charge on any atom is 0.250 e. The van der Waals surface area contributed by atoms with E-state index < -0.39 is 0 Å². The number of carbonyl (C=O) groups excluding carboxylic acids is 1. The number of rotatable bonds is 3. The first-order valence-electron chi connectivity index (χ1n) is 6.40. The third-order valence-electron chi connectivity index (χ3n) is 3.70. The molecule has 0 bridgehead atoms. The van der Waals surface area contributed by atoms with Crippen LogP contribution in [0.4, 0.5) is 0 Å². The number of ether oxygens (including phenoxy) is 1. The molecule has 0 aromatic heterocycles. The van der Waals surface area contributed by atoms with Crippen LogP contribution in [-0.4, -0.2) is 37.7 Å². The molecule has 0 spiro atoms. The van der Waals surface area contributed by atoms with Gasteiger partial charge in [-0.15, -0.1) is 0 Å². The third-order valence-corrected chi connectivity index (χ3v) is 3.70. The van der Waals surface area contributed by atoms with Crippen molar-refractivity contribution in [1.82, 2.24) is 10.6 Å². The number of morpholine rings is 1. The Morgan fingerprint density at radius 2 is 2.19 bits per heavy atom. The summed E-state index contributed by atoms with van der Waals surface area (Å²) < 4.78 is 5.43. The quantitative estimate of drug-likeness (QED) is 0.743. The summed E-state index contributed by atoms with van der Waals surface area (Å²) in [6.45, 7) is 4.24. The van der Waals surface area contributed by atoms with Gasteiger partial charge >= 0.3 is 0 Å². The molecule has 1 saturated heterocycles. The molecule has 1 unspecified atom stereocenters. The smallest absolute Gasteiger partial charge is 0.250 e. The second-order valence-electron chi connectivity index (χ2n) is 4.91. The van der Waals surface area contributed by atoms with Crippen molar-refractivity contribution in [2.45, 2.75) is 44.8 Å². The Labute approximate surface area is 97.1 Å². The van der Waals surface area contributed by atoms with Gasteiger partial charge in [0, 0.05) is 19.1 Å². The van der Waals surface area contributed by atoms with Crippen molar-refractivity contribution >= 4 is 5.91 Å². The first kappa shape index (κ1) is 11.9. The van der Waals surface area contributed by atoms with Crippen LogP contribution < -0.4 is 10.6 Å². The molecule has 2 N–H and O–H groups in total. The molecule has 2 rings (SSSR count). The molecule has 16 heavy (non-hydrogen) atoms. The van der Waals surface area contributed by atoms with Crippen molar-refractivity contribution < 1.29 is 9.53 Å². The van der Waals surface area contributed by atoms with E-state index in [1.165, 1.54) is 25.7 Å². The van der Waals surface area contributed by atoms with Gasteiger partial charge in [0.25, 0.3) is 5.91 Å². The number of carbonyl (C=O) groups is 1. The topological polar surface area (TPSA) is 50.4 Å². The van der Waals surface area contributed by atoms with Crippen LogP contribution >= 0.6 is 0 Å². The molecule has 1 aliphatic carbocycles. The van der Waals surface area contributed by atoms with Gasteiger partial charge in [0.15, 0.2) is 0 Å². The molecule has 2 aliphatic rings. The molecule has 0 radical (unpaired) electrons. The summed E-state index contributed by atoms with van der Waals surface area (Å²) >= 11 is 0. The summed E-state index contributed by atoms with van der Waals surface area (Å²) in [6, 6.07) is 0.292. The van der Waals surface area contributed by atoms with E-state index in [-0.39, 0.29) is 12.0 Å². The van der Waals surface area contributed by atoms with Gasteiger partial charge in [0.2, 0.25) is 0 Å². The van der Waals surface area contributed by atoms with Crippen molar-refractivity contribution in [2.75, 3.05) is 19.7 Å². The third kappa shape index (κ3) is 2.95. The lowest BCUT2D eigenvalue weighted by Crippen LogP contribution is -2.50. The van der Waals surface area contributed by atoms with E-state index >= 15 is 0 Å². The monoisotopic (exact) mass is 226 g/mol. The molecular formula is C12H22N2O2. The van der Waals surface area contributed by atoms with Gasteiger partial charge in [-0.2, -0.15) is 0 Å². The zero-order valence-electron chi connectivity index (χ0n) is 10.00. The summed E-state index contributed by atoms with van der Waals surface area (Å²) in [5.74, 6) is 0.715. The summed E-state index contributed by atoms with van der Waals surface area (Å²) in [7, 11) is 0. The minimum Gasteiger partial charge on any atom is -0.366 e. The molecule has 1 heterocycles. The van der Waals surface area contributed by atoms with Gasteiger partial charge in [0.05, 0.1) is 6.61 Å². The van der Waals surface area contributed by atoms with Gasteiger partial charge in [-0.1, -0.05) is 12.8 Å². The number of hydrogen-bond acceptors (Lipinski definition) is 3. The Balaban J connectivity index is 1.76. The molecule has 92 valence electrons. The highest BCUT2D eigenvalue weighted by atomic mass is 16.5. The minimum atomic E-state index is -0.294. The molecular weight excluding hydrogens is 204 g/mol. The van der Waals surface area contributed by atoms with Crippen LogP contribution in [0.25, 0.3) is 0 Å². The largest absolute Gasteiger partial charge is 0.366 e. The summed E-state index contributed by atoms with van der Waals surface area (Å²) in [5.41, 5.74) is 0. The second kappa shape index (κ2) is 5.64. The fraction of sp³-hybridized carbons (Fsp3) is 0.917. The van der Waals surface area contributed by atoms with Crippen LogP contribution in [0.2, 0.25) is 0 Å². The first-order chi connectivity index (χ1) is 7.77. The van der Waals surface area contributed by atoms with E-state index in [2.05, 4.69) is 17.6 Å². The van der Waals surface area contributed by atoms with Crippen LogP contribution in [0.15, 0.2) is 0 Å². The lowest BCUT2D eigenvalue weighted by atomic mass is 9.99. The second-order valence-corrected chi connectivity index (χ2v) is 4.91. The molecule has 1 aliphatic heterocycles. The fourth-order valence-corrected chi connectivity index (χ4v) is 2.63. The molecule has 2 atom stereocenters. The summed E-state index contributed by atoms with van der Waals surface area (Å²) in [4.78, 5) is 11.9. The van der Waals surface area contributed by atoms with E-state index in [1.807, 2.05) is 0 Å². The minimum absolute atomic E-state index is 0.0478. The van der Waals surface area contributed by atoms with Crippen molar-refractivity contribution in [3.63, 3.8) is 0 Å². The SMILES string of the molecule is C[C@@H](NC(=O)C1CNCCO1)C1CCCC1. The van der Waals surface area contributed by atoms with Crippen LogP contribution in [0.3, 0.4) is 0 Å². The Morgan fingerprint density at radius 1 is 1.44 bits per heavy atom.